The average Bonchev–Trinajstić information content (AvgIpc) is 3.33. The van der Waals surface area contributed by atoms with Gasteiger partial charge in [0.2, 0.25) is 10.0 Å². The van der Waals surface area contributed by atoms with Gasteiger partial charge in [-0.3, -0.25) is 0 Å². The highest BCUT2D eigenvalue weighted by Crippen LogP contribution is 2.48. The molecular weight excluding hydrogens is 345 g/mol. The van der Waals surface area contributed by atoms with Crippen LogP contribution in [0, 0.1) is 12.7 Å². The standard InChI is InChI=1S/C18H20FNO4S/c1-12-10-14(19)5-7-17(12)25(21,22)20-18(8-9-18)13-4-6-15(23-2)16(11-13)24-3/h4-7,10-11,20H,8-9H2,1-3H3. The summed E-state index contributed by atoms with van der Waals surface area (Å²) in [5.41, 5.74) is 0.517. The van der Waals surface area contributed by atoms with E-state index in [1.807, 2.05) is 6.07 Å². The summed E-state index contributed by atoms with van der Waals surface area (Å²) < 4.78 is 52.1. The number of ether oxygens (including phenoxy) is 2. The zero-order valence-corrected chi connectivity index (χ0v) is 15.1. The lowest BCUT2D eigenvalue weighted by Crippen LogP contribution is -2.35. The van der Waals surface area contributed by atoms with Crippen LogP contribution in [-0.4, -0.2) is 22.6 Å². The van der Waals surface area contributed by atoms with Gasteiger partial charge in [-0.25, -0.2) is 17.5 Å². The Hall–Kier alpha value is -2.12. The molecule has 3 rings (SSSR count). The van der Waals surface area contributed by atoms with Crippen molar-refractivity contribution in [1.29, 1.82) is 0 Å². The quantitative estimate of drug-likeness (QED) is 0.854. The molecule has 0 aliphatic heterocycles. The third-order valence-electron chi connectivity index (χ3n) is 4.44. The molecule has 5 nitrogen and oxygen atoms in total. The molecule has 134 valence electrons. The number of rotatable bonds is 6. The van der Waals surface area contributed by atoms with Crippen LogP contribution in [0.4, 0.5) is 4.39 Å². The highest BCUT2D eigenvalue weighted by molar-refractivity contribution is 7.89. The second-order valence-electron chi connectivity index (χ2n) is 6.17. The third kappa shape index (κ3) is 3.34. The normalized spacial score (nSPS) is 15.7. The average molecular weight is 365 g/mol. The molecule has 1 saturated carbocycles. The fourth-order valence-corrected chi connectivity index (χ4v) is 4.61. The van der Waals surface area contributed by atoms with Crippen molar-refractivity contribution in [2.24, 2.45) is 0 Å². The molecule has 1 fully saturated rings. The summed E-state index contributed by atoms with van der Waals surface area (Å²) in [5, 5.41) is 0. The van der Waals surface area contributed by atoms with Crippen molar-refractivity contribution >= 4 is 10.0 Å². The Morgan fingerprint density at radius 1 is 1.04 bits per heavy atom. The van der Waals surface area contributed by atoms with E-state index in [-0.39, 0.29) is 4.90 Å². The van der Waals surface area contributed by atoms with Crippen LogP contribution in [0.1, 0.15) is 24.0 Å². The molecule has 0 saturated heterocycles. The first-order valence-electron chi connectivity index (χ1n) is 7.84. The van der Waals surface area contributed by atoms with Crippen LogP contribution in [0.3, 0.4) is 0 Å². The fraction of sp³-hybridized carbons (Fsp3) is 0.333. The molecule has 25 heavy (non-hydrogen) atoms. The predicted octanol–water partition coefficient (Wildman–Crippen LogP) is 3.12. The van der Waals surface area contributed by atoms with Crippen LogP contribution in [0.15, 0.2) is 41.3 Å². The monoisotopic (exact) mass is 365 g/mol. The Kier molecular flexibility index (Phi) is 4.47. The summed E-state index contributed by atoms with van der Waals surface area (Å²) in [6.07, 6.45) is 1.36. The van der Waals surface area contributed by atoms with Gasteiger partial charge in [0, 0.05) is 0 Å². The minimum absolute atomic E-state index is 0.0839. The van der Waals surface area contributed by atoms with Crippen LogP contribution in [0.25, 0.3) is 0 Å². The Morgan fingerprint density at radius 2 is 1.72 bits per heavy atom. The summed E-state index contributed by atoms with van der Waals surface area (Å²) in [7, 11) is -0.694. The Morgan fingerprint density at radius 3 is 2.28 bits per heavy atom. The van der Waals surface area contributed by atoms with Crippen molar-refractivity contribution in [3.05, 3.63) is 53.3 Å². The maximum Gasteiger partial charge on any atom is 0.241 e. The smallest absolute Gasteiger partial charge is 0.241 e. The number of halogens is 1. The predicted molar refractivity (Wildman–Crippen MR) is 91.9 cm³/mol. The molecular formula is C18H20FNO4S. The van der Waals surface area contributed by atoms with E-state index in [0.717, 1.165) is 11.6 Å². The molecule has 1 N–H and O–H groups in total. The minimum atomic E-state index is -3.78. The molecule has 0 heterocycles. The first kappa shape index (κ1) is 17.7. The molecule has 0 unspecified atom stereocenters. The molecule has 1 aliphatic rings. The molecule has 0 aromatic heterocycles. The van der Waals surface area contributed by atoms with E-state index in [1.54, 1.807) is 26.2 Å². The third-order valence-corrected chi connectivity index (χ3v) is 6.14. The number of hydrogen-bond acceptors (Lipinski definition) is 4. The summed E-state index contributed by atoms with van der Waals surface area (Å²) in [6, 6.07) is 9.02. The van der Waals surface area contributed by atoms with E-state index in [1.165, 1.54) is 19.2 Å². The minimum Gasteiger partial charge on any atom is -0.493 e. The van der Waals surface area contributed by atoms with Gasteiger partial charge < -0.3 is 9.47 Å². The van der Waals surface area contributed by atoms with E-state index in [9.17, 15) is 12.8 Å². The summed E-state index contributed by atoms with van der Waals surface area (Å²) in [6.45, 7) is 1.58. The van der Waals surface area contributed by atoms with Gasteiger partial charge in [0.25, 0.3) is 0 Å². The van der Waals surface area contributed by atoms with Gasteiger partial charge >= 0.3 is 0 Å². The van der Waals surface area contributed by atoms with Gasteiger partial charge in [0.1, 0.15) is 5.82 Å². The molecule has 7 heteroatoms. The first-order chi connectivity index (χ1) is 11.8. The summed E-state index contributed by atoms with van der Waals surface area (Å²) >= 11 is 0. The van der Waals surface area contributed by atoms with E-state index in [2.05, 4.69) is 4.72 Å². The number of methoxy groups -OCH3 is 2. The van der Waals surface area contributed by atoms with Crippen molar-refractivity contribution in [2.75, 3.05) is 14.2 Å². The summed E-state index contributed by atoms with van der Waals surface area (Å²) in [5.74, 6) is 0.667. The largest absolute Gasteiger partial charge is 0.493 e. The van der Waals surface area contributed by atoms with Gasteiger partial charge in [-0.1, -0.05) is 6.07 Å². The zero-order chi connectivity index (χ0) is 18.2. The van der Waals surface area contributed by atoms with Gasteiger partial charge in [0.05, 0.1) is 24.7 Å². The molecule has 0 amide bonds. The van der Waals surface area contributed by atoms with E-state index >= 15 is 0 Å². The number of nitrogens with one attached hydrogen (secondary N) is 1. The van der Waals surface area contributed by atoms with Crippen molar-refractivity contribution < 1.29 is 22.3 Å². The van der Waals surface area contributed by atoms with Crippen molar-refractivity contribution in [3.63, 3.8) is 0 Å². The molecule has 0 radical (unpaired) electrons. The Labute approximate surface area is 146 Å². The van der Waals surface area contributed by atoms with Gasteiger partial charge in [0.15, 0.2) is 11.5 Å². The van der Waals surface area contributed by atoms with E-state index in [4.69, 9.17) is 9.47 Å². The number of sulfonamides is 1. The molecule has 0 bridgehead atoms. The van der Waals surface area contributed by atoms with Gasteiger partial charge in [-0.05, 0) is 61.2 Å². The molecule has 2 aromatic carbocycles. The van der Waals surface area contributed by atoms with Crippen LogP contribution in [0.5, 0.6) is 11.5 Å². The molecule has 1 aliphatic carbocycles. The maximum absolute atomic E-state index is 13.3. The van der Waals surface area contributed by atoms with Crippen LogP contribution >= 0.6 is 0 Å². The van der Waals surface area contributed by atoms with Gasteiger partial charge in [-0.15, -0.1) is 0 Å². The zero-order valence-electron chi connectivity index (χ0n) is 14.3. The van der Waals surface area contributed by atoms with Crippen molar-refractivity contribution in [2.45, 2.75) is 30.2 Å². The van der Waals surface area contributed by atoms with Crippen LogP contribution < -0.4 is 14.2 Å². The molecule has 0 spiro atoms. The highest BCUT2D eigenvalue weighted by atomic mass is 32.2. The van der Waals surface area contributed by atoms with Crippen LogP contribution in [-0.2, 0) is 15.6 Å². The molecule has 0 atom stereocenters. The second-order valence-corrected chi connectivity index (χ2v) is 7.82. The summed E-state index contributed by atoms with van der Waals surface area (Å²) in [4.78, 5) is 0.0839. The number of benzene rings is 2. The maximum atomic E-state index is 13.3. The second kappa shape index (κ2) is 6.31. The Balaban J connectivity index is 1.94. The van der Waals surface area contributed by atoms with Crippen molar-refractivity contribution in [3.8, 4) is 11.5 Å². The van der Waals surface area contributed by atoms with Crippen molar-refractivity contribution in [1.82, 2.24) is 4.72 Å². The number of aryl methyl sites for hydroxylation is 1. The van der Waals surface area contributed by atoms with Gasteiger partial charge in [-0.2, -0.15) is 0 Å². The lowest BCUT2D eigenvalue weighted by molar-refractivity contribution is 0.354. The fourth-order valence-electron chi connectivity index (χ4n) is 2.94. The Bertz CT molecular complexity index is 907. The number of hydrogen-bond donors (Lipinski definition) is 1. The highest BCUT2D eigenvalue weighted by Gasteiger charge is 2.48. The lowest BCUT2D eigenvalue weighted by atomic mass is 10.1. The van der Waals surface area contributed by atoms with Crippen LogP contribution in [0.2, 0.25) is 0 Å². The van der Waals surface area contributed by atoms with E-state index in [0.29, 0.717) is 29.9 Å². The van der Waals surface area contributed by atoms with E-state index < -0.39 is 21.4 Å². The SMILES string of the molecule is COc1ccc(C2(NS(=O)(=O)c3ccc(F)cc3C)CC2)cc1OC. The first-order valence-corrected chi connectivity index (χ1v) is 9.32. The molecule has 2 aromatic rings. The lowest BCUT2D eigenvalue weighted by Gasteiger charge is -2.20. The topological polar surface area (TPSA) is 64.6 Å².